The average Bonchev–Trinajstić information content (AvgIpc) is 2.61. The molecular formula is C20H23NO4. The first-order valence-corrected chi connectivity index (χ1v) is 8.14. The van der Waals surface area contributed by atoms with Gasteiger partial charge in [0.15, 0.2) is 0 Å². The van der Waals surface area contributed by atoms with Crippen molar-refractivity contribution in [3.63, 3.8) is 0 Å². The molecular weight excluding hydrogens is 318 g/mol. The summed E-state index contributed by atoms with van der Waals surface area (Å²) >= 11 is 0. The van der Waals surface area contributed by atoms with E-state index < -0.39 is 23.4 Å². The first-order valence-electron chi connectivity index (χ1n) is 8.14. The molecule has 0 radical (unpaired) electrons. The summed E-state index contributed by atoms with van der Waals surface area (Å²) in [5.41, 5.74) is 1.14. The van der Waals surface area contributed by atoms with E-state index in [1.54, 1.807) is 0 Å². The van der Waals surface area contributed by atoms with Crippen LogP contribution >= 0.6 is 0 Å². The number of amides is 1. The second-order valence-corrected chi connectivity index (χ2v) is 6.42. The van der Waals surface area contributed by atoms with Crippen LogP contribution in [0.4, 0.5) is 4.79 Å². The Morgan fingerprint density at radius 2 is 1.60 bits per heavy atom. The van der Waals surface area contributed by atoms with E-state index in [0.717, 1.165) is 11.1 Å². The highest BCUT2D eigenvalue weighted by Gasteiger charge is 2.36. The number of carboxylic acids is 1. The van der Waals surface area contributed by atoms with Crippen LogP contribution in [0, 0.1) is 5.92 Å². The molecule has 0 heterocycles. The summed E-state index contributed by atoms with van der Waals surface area (Å²) in [5, 5.41) is 12.2. The van der Waals surface area contributed by atoms with E-state index in [1.807, 2.05) is 74.5 Å². The standard InChI is InChI=1S/C20H23NO4/c1-20(2,16-11-7-4-8-12-16)17(18(22)23)13-21-19(24)25-14-15-9-5-3-6-10-15/h3-12,17H,13-14H2,1-2H3,(H,21,24)(H,22,23). The van der Waals surface area contributed by atoms with E-state index in [9.17, 15) is 14.7 Å². The number of ether oxygens (including phenoxy) is 1. The fourth-order valence-electron chi connectivity index (χ4n) is 2.68. The molecule has 2 aromatic carbocycles. The molecule has 132 valence electrons. The van der Waals surface area contributed by atoms with Crippen LogP contribution in [-0.2, 0) is 21.6 Å². The van der Waals surface area contributed by atoms with Crippen LogP contribution in [-0.4, -0.2) is 23.7 Å². The van der Waals surface area contributed by atoms with Crippen molar-refractivity contribution in [3.8, 4) is 0 Å². The minimum Gasteiger partial charge on any atom is -0.481 e. The molecule has 1 atom stereocenters. The van der Waals surface area contributed by atoms with Gasteiger partial charge in [0.05, 0.1) is 5.92 Å². The number of benzene rings is 2. The van der Waals surface area contributed by atoms with E-state index in [-0.39, 0.29) is 13.2 Å². The SMILES string of the molecule is CC(C)(c1ccccc1)C(CNC(=O)OCc1ccccc1)C(=O)O. The zero-order valence-electron chi connectivity index (χ0n) is 14.4. The third-order valence-corrected chi connectivity index (χ3v) is 4.35. The van der Waals surface area contributed by atoms with Gasteiger partial charge in [-0.05, 0) is 11.1 Å². The summed E-state index contributed by atoms with van der Waals surface area (Å²) in [7, 11) is 0. The van der Waals surface area contributed by atoms with Crippen molar-refractivity contribution >= 4 is 12.1 Å². The van der Waals surface area contributed by atoms with Gasteiger partial charge in [0, 0.05) is 12.0 Å². The second kappa shape index (κ2) is 8.33. The summed E-state index contributed by atoms with van der Waals surface area (Å²) in [6.45, 7) is 3.85. The number of rotatable bonds is 7. The van der Waals surface area contributed by atoms with Gasteiger partial charge < -0.3 is 15.2 Å². The van der Waals surface area contributed by atoms with Gasteiger partial charge >= 0.3 is 12.1 Å². The number of carboxylic acid groups (broad SMARTS) is 1. The Hall–Kier alpha value is -2.82. The molecule has 0 spiro atoms. The quantitative estimate of drug-likeness (QED) is 0.807. The van der Waals surface area contributed by atoms with Gasteiger partial charge in [-0.2, -0.15) is 0 Å². The van der Waals surface area contributed by atoms with Crippen molar-refractivity contribution in [2.75, 3.05) is 6.54 Å². The maximum absolute atomic E-state index is 11.9. The first kappa shape index (κ1) is 18.5. The predicted octanol–water partition coefficient (Wildman–Crippen LogP) is 3.59. The number of hydrogen-bond donors (Lipinski definition) is 2. The molecule has 0 aliphatic rings. The van der Waals surface area contributed by atoms with Gasteiger partial charge in [0.1, 0.15) is 6.61 Å². The lowest BCUT2D eigenvalue weighted by molar-refractivity contribution is -0.143. The van der Waals surface area contributed by atoms with Crippen LogP contribution in [0.25, 0.3) is 0 Å². The normalized spacial score (nSPS) is 12.2. The lowest BCUT2D eigenvalue weighted by atomic mass is 9.73. The molecule has 0 aromatic heterocycles. The number of carbonyl (C=O) groups excluding carboxylic acids is 1. The largest absolute Gasteiger partial charge is 0.481 e. The van der Waals surface area contributed by atoms with Gasteiger partial charge in [0.25, 0.3) is 0 Å². The van der Waals surface area contributed by atoms with E-state index in [1.165, 1.54) is 0 Å². The fraction of sp³-hybridized carbons (Fsp3) is 0.300. The lowest BCUT2D eigenvalue weighted by Gasteiger charge is -2.32. The maximum Gasteiger partial charge on any atom is 0.407 e. The summed E-state index contributed by atoms with van der Waals surface area (Å²) in [6, 6.07) is 18.7. The minimum atomic E-state index is -0.961. The molecule has 1 amide bonds. The van der Waals surface area contributed by atoms with Crippen LogP contribution in [0.5, 0.6) is 0 Å². The number of carbonyl (C=O) groups is 2. The molecule has 0 saturated carbocycles. The summed E-state index contributed by atoms with van der Waals surface area (Å²) < 4.78 is 5.13. The van der Waals surface area contributed by atoms with Crippen molar-refractivity contribution in [3.05, 3.63) is 71.8 Å². The number of alkyl carbamates (subject to hydrolysis) is 1. The molecule has 0 aliphatic carbocycles. The topological polar surface area (TPSA) is 75.6 Å². The lowest BCUT2D eigenvalue weighted by Crippen LogP contribution is -2.43. The zero-order chi connectivity index (χ0) is 18.3. The maximum atomic E-state index is 11.9. The molecule has 5 heteroatoms. The first-order chi connectivity index (χ1) is 11.9. The molecule has 0 saturated heterocycles. The molecule has 0 fully saturated rings. The average molecular weight is 341 g/mol. The van der Waals surface area contributed by atoms with E-state index in [4.69, 9.17) is 4.74 Å². The van der Waals surface area contributed by atoms with Gasteiger partial charge in [0.2, 0.25) is 0 Å². The molecule has 0 aliphatic heterocycles. The summed E-state index contributed by atoms with van der Waals surface area (Å²) in [5.74, 6) is -1.74. The molecule has 1 unspecified atom stereocenters. The number of nitrogens with one attached hydrogen (secondary N) is 1. The van der Waals surface area contributed by atoms with Crippen molar-refractivity contribution in [2.24, 2.45) is 5.92 Å². The monoisotopic (exact) mass is 341 g/mol. The van der Waals surface area contributed by atoms with Crippen molar-refractivity contribution in [1.29, 1.82) is 0 Å². The third-order valence-electron chi connectivity index (χ3n) is 4.35. The Bertz CT molecular complexity index is 698. The third kappa shape index (κ3) is 5.08. The van der Waals surface area contributed by atoms with E-state index in [0.29, 0.717) is 0 Å². The van der Waals surface area contributed by atoms with E-state index in [2.05, 4.69) is 5.32 Å². The Morgan fingerprint density at radius 3 is 2.16 bits per heavy atom. The van der Waals surface area contributed by atoms with Gasteiger partial charge in [-0.25, -0.2) is 4.79 Å². The van der Waals surface area contributed by atoms with E-state index >= 15 is 0 Å². The highest BCUT2D eigenvalue weighted by molar-refractivity contribution is 5.74. The predicted molar refractivity (Wildman–Crippen MR) is 95.2 cm³/mol. The summed E-state index contributed by atoms with van der Waals surface area (Å²) in [6.07, 6.45) is -0.626. The Kier molecular flexibility index (Phi) is 6.17. The van der Waals surface area contributed by atoms with Crippen LogP contribution in [0.1, 0.15) is 25.0 Å². The number of hydrogen-bond acceptors (Lipinski definition) is 3. The summed E-state index contributed by atoms with van der Waals surface area (Å²) in [4.78, 5) is 23.6. The minimum absolute atomic E-state index is 0.00908. The molecule has 0 bridgehead atoms. The Labute approximate surface area is 147 Å². The fourth-order valence-corrected chi connectivity index (χ4v) is 2.68. The van der Waals surface area contributed by atoms with Gasteiger partial charge in [-0.1, -0.05) is 74.5 Å². The molecule has 25 heavy (non-hydrogen) atoms. The van der Waals surface area contributed by atoms with Crippen LogP contribution < -0.4 is 5.32 Å². The van der Waals surface area contributed by atoms with Crippen LogP contribution in [0.15, 0.2) is 60.7 Å². The van der Waals surface area contributed by atoms with Crippen LogP contribution in [0.3, 0.4) is 0 Å². The molecule has 2 aromatic rings. The van der Waals surface area contributed by atoms with Crippen molar-refractivity contribution in [2.45, 2.75) is 25.9 Å². The molecule has 2 rings (SSSR count). The van der Waals surface area contributed by atoms with Crippen LogP contribution in [0.2, 0.25) is 0 Å². The highest BCUT2D eigenvalue weighted by atomic mass is 16.5. The van der Waals surface area contributed by atoms with Gasteiger partial charge in [-0.15, -0.1) is 0 Å². The molecule has 5 nitrogen and oxygen atoms in total. The van der Waals surface area contributed by atoms with Crippen molar-refractivity contribution < 1.29 is 19.4 Å². The smallest absolute Gasteiger partial charge is 0.407 e. The van der Waals surface area contributed by atoms with Crippen molar-refractivity contribution in [1.82, 2.24) is 5.32 Å². The molecule has 2 N–H and O–H groups in total. The highest BCUT2D eigenvalue weighted by Crippen LogP contribution is 2.31. The number of aliphatic carboxylic acids is 1. The second-order valence-electron chi connectivity index (χ2n) is 6.42. The Morgan fingerprint density at radius 1 is 1.04 bits per heavy atom. The zero-order valence-corrected chi connectivity index (χ0v) is 14.4. The Balaban J connectivity index is 1.95. The van der Waals surface area contributed by atoms with Gasteiger partial charge in [-0.3, -0.25) is 4.79 Å².